The van der Waals surface area contributed by atoms with Crippen molar-refractivity contribution in [2.45, 2.75) is 13.8 Å². The Labute approximate surface area is 199 Å². The molecule has 0 saturated carbocycles. The van der Waals surface area contributed by atoms with Crippen molar-refractivity contribution in [1.82, 2.24) is 5.32 Å². The van der Waals surface area contributed by atoms with Crippen LogP contribution in [0.1, 0.15) is 19.4 Å². The number of rotatable bonds is 9. The number of nitrogens with zero attached hydrogens (tertiary/aromatic N) is 1. The van der Waals surface area contributed by atoms with Gasteiger partial charge in [0.2, 0.25) is 0 Å². The van der Waals surface area contributed by atoms with Crippen LogP contribution >= 0.6 is 11.6 Å². The van der Waals surface area contributed by atoms with Crippen molar-refractivity contribution in [1.29, 1.82) is 0 Å². The molecule has 1 aliphatic rings. The minimum Gasteiger partial charge on any atom is -0.494 e. The number of carbonyl (C=O) groups is 4. The summed E-state index contributed by atoms with van der Waals surface area (Å²) in [6, 6.07) is 8.18. The van der Waals surface area contributed by atoms with Gasteiger partial charge in [0.15, 0.2) is 18.1 Å². The number of aliphatic carboxylic acids is 1. The molecular formula is C23H21ClN2O8. The molecule has 1 heterocycles. The van der Waals surface area contributed by atoms with Crippen LogP contribution in [-0.2, 0) is 14.4 Å². The highest BCUT2D eigenvalue weighted by Gasteiger charge is 2.37. The Morgan fingerprint density at radius 2 is 1.74 bits per heavy atom. The second-order valence-corrected chi connectivity index (χ2v) is 7.24. The maximum absolute atomic E-state index is 13.1. The average Bonchev–Trinajstić information content (AvgIpc) is 2.77. The van der Waals surface area contributed by atoms with Gasteiger partial charge in [-0.3, -0.25) is 14.9 Å². The summed E-state index contributed by atoms with van der Waals surface area (Å²) in [6.07, 6.45) is 1.25. The first-order chi connectivity index (χ1) is 16.2. The number of amides is 4. The second-order valence-electron chi connectivity index (χ2n) is 6.83. The second kappa shape index (κ2) is 10.7. The summed E-state index contributed by atoms with van der Waals surface area (Å²) < 4.78 is 16.0. The van der Waals surface area contributed by atoms with Gasteiger partial charge in [0.05, 0.1) is 23.9 Å². The summed E-state index contributed by atoms with van der Waals surface area (Å²) in [5.41, 5.74) is 0.233. The maximum atomic E-state index is 13.1. The molecule has 0 spiro atoms. The van der Waals surface area contributed by atoms with E-state index in [1.165, 1.54) is 30.3 Å². The molecule has 1 aliphatic heterocycles. The lowest BCUT2D eigenvalue weighted by molar-refractivity contribution is -0.139. The fourth-order valence-corrected chi connectivity index (χ4v) is 3.40. The first-order valence-electron chi connectivity index (χ1n) is 10.2. The number of nitrogens with one attached hydrogen (secondary N) is 1. The van der Waals surface area contributed by atoms with Crippen LogP contribution < -0.4 is 24.4 Å². The highest BCUT2D eigenvalue weighted by molar-refractivity contribution is 6.39. The van der Waals surface area contributed by atoms with E-state index in [0.717, 1.165) is 4.90 Å². The molecule has 0 aromatic heterocycles. The van der Waals surface area contributed by atoms with E-state index >= 15 is 0 Å². The Hall–Kier alpha value is -4.05. The summed E-state index contributed by atoms with van der Waals surface area (Å²) >= 11 is 6.24. The van der Waals surface area contributed by atoms with E-state index in [0.29, 0.717) is 17.9 Å². The van der Waals surface area contributed by atoms with Crippen LogP contribution in [0.15, 0.2) is 42.0 Å². The minimum atomic E-state index is -1.20. The molecule has 1 fully saturated rings. The lowest BCUT2D eigenvalue weighted by atomic mass is 10.1. The molecule has 1 saturated heterocycles. The molecule has 34 heavy (non-hydrogen) atoms. The number of halogens is 1. The number of carbonyl (C=O) groups excluding carboxylic acids is 3. The third-order valence-electron chi connectivity index (χ3n) is 4.49. The predicted molar refractivity (Wildman–Crippen MR) is 122 cm³/mol. The number of imide groups is 2. The summed E-state index contributed by atoms with van der Waals surface area (Å²) in [6.45, 7) is 3.57. The first kappa shape index (κ1) is 24.6. The molecule has 3 rings (SSSR count). The van der Waals surface area contributed by atoms with Crippen molar-refractivity contribution in [2.24, 2.45) is 0 Å². The first-order valence-corrected chi connectivity index (χ1v) is 10.6. The zero-order valence-corrected chi connectivity index (χ0v) is 19.0. The molecule has 10 nitrogen and oxygen atoms in total. The standard InChI is InChI=1S/C23H21ClN2O8/c1-3-32-15-7-5-14(6-8-15)26-22(30)16(21(29)25-23(26)31)9-13-10-17(24)20(34-12-19(27)28)18(11-13)33-4-2/h5-11H,3-4,12H2,1-2H3,(H,27,28)(H,25,29,31)/b16-9+. The van der Waals surface area contributed by atoms with Gasteiger partial charge >= 0.3 is 12.0 Å². The lowest BCUT2D eigenvalue weighted by Gasteiger charge is -2.26. The summed E-state index contributed by atoms with van der Waals surface area (Å²) in [7, 11) is 0. The van der Waals surface area contributed by atoms with Crippen LogP contribution in [0, 0.1) is 0 Å². The van der Waals surface area contributed by atoms with Gasteiger partial charge in [-0.1, -0.05) is 11.6 Å². The fourth-order valence-electron chi connectivity index (χ4n) is 3.12. The van der Waals surface area contributed by atoms with Crippen LogP contribution in [0.4, 0.5) is 10.5 Å². The Balaban J connectivity index is 1.97. The number of anilines is 1. The number of carboxylic acids is 1. The highest BCUT2D eigenvalue weighted by atomic mass is 35.5. The van der Waals surface area contributed by atoms with E-state index in [2.05, 4.69) is 5.32 Å². The summed E-state index contributed by atoms with van der Waals surface area (Å²) in [5, 5.41) is 11.0. The quantitative estimate of drug-likeness (QED) is 0.406. The minimum absolute atomic E-state index is 0.0127. The molecule has 11 heteroatoms. The third kappa shape index (κ3) is 5.46. The van der Waals surface area contributed by atoms with Gasteiger partial charge in [-0.2, -0.15) is 0 Å². The average molecular weight is 489 g/mol. The van der Waals surface area contributed by atoms with Gasteiger partial charge in [0.25, 0.3) is 11.8 Å². The number of hydrogen-bond acceptors (Lipinski definition) is 7. The fraction of sp³-hybridized carbons (Fsp3) is 0.217. The van der Waals surface area contributed by atoms with Gasteiger partial charge in [0.1, 0.15) is 11.3 Å². The van der Waals surface area contributed by atoms with E-state index in [1.807, 2.05) is 6.92 Å². The van der Waals surface area contributed by atoms with Gasteiger partial charge in [-0.05, 0) is 61.9 Å². The van der Waals surface area contributed by atoms with Crippen molar-refractivity contribution < 1.29 is 38.5 Å². The molecule has 0 radical (unpaired) electrons. The van der Waals surface area contributed by atoms with Crippen molar-refractivity contribution in [3.05, 3.63) is 52.6 Å². The summed E-state index contributed by atoms with van der Waals surface area (Å²) in [5.74, 6) is -2.21. The SMILES string of the molecule is CCOc1ccc(N2C(=O)NC(=O)/C(=C\c3cc(Cl)c(OCC(=O)O)c(OCC)c3)C2=O)cc1. The zero-order valence-electron chi connectivity index (χ0n) is 18.3. The van der Waals surface area contributed by atoms with Crippen molar-refractivity contribution in [2.75, 3.05) is 24.7 Å². The molecule has 0 unspecified atom stereocenters. The lowest BCUT2D eigenvalue weighted by Crippen LogP contribution is -2.54. The van der Waals surface area contributed by atoms with Crippen LogP contribution in [0.25, 0.3) is 6.08 Å². The molecular weight excluding hydrogens is 468 g/mol. The van der Waals surface area contributed by atoms with Crippen molar-refractivity contribution in [3.63, 3.8) is 0 Å². The van der Waals surface area contributed by atoms with Gasteiger partial charge < -0.3 is 19.3 Å². The van der Waals surface area contributed by atoms with Crippen molar-refractivity contribution in [3.8, 4) is 17.2 Å². The maximum Gasteiger partial charge on any atom is 0.341 e. The van der Waals surface area contributed by atoms with Crippen molar-refractivity contribution >= 4 is 47.2 Å². The zero-order chi connectivity index (χ0) is 24.8. The molecule has 0 aliphatic carbocycles. The van der Waals surface area contributed by atoms with E-state index in [9.17, 15) is 19.2 Å². The smallest absolute Gasteiger partial charge is 0.341 e. The van der Waals surface area contributed by atoms with E-state index in [1.54, 1.807) is 19.1 Å². The van der Waals surface area contributed by atoms with Crippen LogP contribution in [0.3, 0.4) is 0 Å². The van der Waals surface area contributed by atoms with Gasteiger partial charge in [-0.25, -0.2) is 14.5 Å². The van der Waals surface area contributed by atoms with Gasteiger partial charge in [0, 0.05) is 0 Å². The van der Waals surface area contributed by atoms with E-state index < -0.39 is 30.4 Å². The highest BCUT2D eigenvalue weighted by Crippen LogP contribution is 2.37. The Bertz CT molecular complexity index is 1160. The Morgan fingerprint density at radius 1 is 1.06 bits per heavy atom. The normalized spacial score (nSPS) is 14.7. The van der Waals surface area contributed by atoms with E-state index in [-0.39, 0.29) is 34.4 Å². The topological polar surface area (TPSA) is 131 Å². The number of barbiturate groups is 1. The predicted octanol–water partition coefficient (Wildman–Crippen LogP) is 3.27. The number of hydrogen-bond donors (Lipinski definition) is 2. The third-order valence-corrected chi connectivity index (χ3v) is 4.77. The molecule has 2 aromatic carbocycles. The van der Waals surface area contributed by atoms with Crippen LogP contribution in [-0.4, -0.2) is 48.7 Å². The number of carboxylic acid groups (broad SMARTS) is 1. The number of ether oxygens (including phenoxy) is 3. The molecule has 4 amide bonds. The largest absolute Gasteiger partial charge is 0.494 e. The molecule has 2 aromatic rings. The van der Waals surface area contributed by atoms with E-state index in [4.69, 9.17) is 30.9 Å². The van der Waals surface area contributed by atoms with Crippen LogP contribution in [0.2, 0.25) is 5.02 Å². The summed E-state index contributed by atoms with van der Waals surface area (Å²) in [4.78, 5) is 49.6. The number of benzene rings is 2. The monoisotopic (exact) mass is 488 g/mol. The molecule has 178 valence electrons. The van der Waals surface area contributed by atoms with Gasteiger partial charge in [-0.15, -0.1) is 0 Å². The Morgan fingerprint density at radius 3 is 2.35 bits per heavy atom. The molecule has 0 atom stereocenters. The molecule has 0 bridgehead atoms. The molecule has 2 N–H and O–H groups in total. The Kier molecular flexibility index (Phi) is 7.75. The van der Waals surface area contributed by atoms with Crippen LogP contribution in [0.5, 0.6) is 17.2 Å². The number of urea groups is 1.